The number of thioether (sulfide) groups is 1. The van der Waals surface area contributed by atoms with Crippen molar-refractivity contribution in [3.8, 4) is 0 Å². The fraction of sp³-hybridized carbons (Fsp3) is 0.250. The number of hydrogen-bond donors (Lipinski definition) is 2. The van der Waals surface area contributed by atoms with Gasteiger partial charge in [0.25, 0.3) is 23.8 Å². The summed E-state index contributed by atoms with van der Waals surface area (Å²) in [5.41, 5.74) is 6.78. The van der Waals surface area contributed by atoms with Gasteiger partial charge in [0.1, 0.15) is 30.4 Å². The monoisotopic (exact) mass is 514 g/mol. The molecule has 0 aliphatic carbocycles. The number of aliphatic carboxylic acids is 1. The van der Waals surface area contributed by atoms with Crippen LogP contribution in [0.4, 0.5) is 5.13 Å². The first-order valence-corrected chi connectivity index (χ1v) is 12.1. The van der Waals surface area contributed by atoms with Crippen molar-refractivity contribution < 1.29 is 28.9 Å². The van der Waals surface area contributed by atoms with Crippen molar-refractivity contribution in [2.75, 3.05) is 18.6 Å². The lowest BCUT2D eigenvalue weighted by Gasteiger charge is -2.50. The molecule has 0 radical (unpaired) electrons. The summed E-state index contributed by atoms with van der Waals surface area (Å²) in [5, 5.41) is 23.8. The maximum absolute atomic E-state index is 13.0. The minimum absolute atomic E-state index is 0.145. The van der Waals surface area contributed by atoms with Crippen LogP contribution in [0.15, 0.2) is 52.5 Å². The minimum Gasteiger partial charge on any atom is -0.543 e. The molecule has 0 spiro atoms. The highest BCUT2D eigenvalue weighted by atomic mass is 32.2. The molecule has 3 aromatic heterocycles. The Morgan fingerprint density at radius 3 is 2.97 bits per heavy atom. The second kappa shape index (κ2) is 8.99. The molecule has 0 saturated carbocycles. The Morgan fingerprint density at radius 2 is 2.26 bits per heavy atom. The van der Waals surface area contributed by atoms with E-state index in [9.17, 15) is 19.5 Å². The van der Waals surface area contributed by atoms with Gasteiger partial charge in [-0.2, -0.15) is 0 Å². The largest absolute Gasteiger partial charge is 0.543 e. The number of amides is 2. The van der Waals surface area contributed by atoms with Crippen LogP contribution in [-0.4, -0.2) is 67.3 Å². The molecule has 35 heavy (non-hydrogen) atoms. The van der Waals surface area contributed by atoms with Gasteiger partial charge in [-0.25, -0.2) is 9.55 Å². The summed E-state index contributed by atoms with van der Waals surface area (Å²) in [6, 6.07) is 4.57. The first-order chi connectivity index (χ1) is 16.9. The lowest BCUT2D eigenvalue weighted by molar-refractivity contribution is -0.664. The smallest absolute Gasteiger partial charge is 0.276 e. The molecule has 0 unspecified atom stereocenters. The van der Waals surface area contributed by atoms with Gasteiger partial charge in [-0.05, 0) is 11.6 Å². The van der Waals surface area contributed by atoms with Crippen molar-refractivity contribution >= 4 is 57.4 Å². The third-order valence-corrected chi connectivity index (χ3v) is 7.49. The number of oxime groups is 1. The van der Waals surface area contributed by atoms with Crippen molar-refractivity contribution in [2.24, 2.45) is 5.16 Å². The number of anilines is 1. The fourth-order valence-corrected chi connectivity index (χ4v) is 5.83. The van der Waals surface area contributed by atoms with E-state index in [2.05, 4.69) is 20.6 Å². The Hall–Kier alpha value is -3.98. The van der Waals surface area contributed by atoms with Crippen LogP contribution in [-0.2, 0) is 25.8 Å². The predicted octanol–water partition coefficient (Wildman–Crippen LogP) is -1.88. The first kappa shape index (κ1) is 22.8. The topological polar surface area (TPSA) is 171 Å². The summed E-state index contributed by atoms with van der Waals surface area (Å²) >= 11 is 2.47. The Kier molecular flexibility index (Phi) is 5.86. The zero-order valence-corrected chi connectivity index (χ0v) is 19.8. The van der Waals surface area contributed by atoms with Gasteiger partial charge in [0, 0.05) is 22.3 Å². The van der Waals surface area contributed by atoms with Gasteiger partial charge in [-0.3, -0.25) is 14.5 Å². The fourth-order valence-electron chi connectivity index (χ4n) is 3.95. The van der Waals surface area contributed by atoms with Crippen LogP contribution in [0.5, 0.6) is 0 Å². The van der Waals surface area contributed by atoms with E-state index in [0.717, 1.165) is 21.9 Å². The van der Waals surface area contributed by atoms with E-state index in [1.54, 1.807) is 27.0 Å². The zero-order chi connectivity index (χ0) is 24.7. The number of nitrogens with two attached hydrogens (primary N) is 1. The number of hydrogen-bond acceptors (Lipinski definition) is 11. The number of rotatable bonds is 7. The quantitative estimate of drug-likeness (QED) is 0.158. The summed E-state index contributed by atoms with van der Waals surface area (Å²) in [7, 11) is 1.27. The van der Waals surface area contributed by atoms with E-state index < -0.39 is 29.2 Å². The lowest BCUT2D eigenvalue weighted by atomic mass is 10.0. The third-order valence-electron chi connectivity index (χ3n) is 5.48. The number of carboxylic acid groups (broad SMARTS) is 1. The molecule has 3 N–H and O–H groups in total. The van der Waals surface area contributed by atoms with Gasteiger partial charge in [0.2, 0.25) is 0 Å². The molecule has 2 amide bonds. The minimum atomic E-state index is -1.46. The highest BCUT2D eigenvalue weighted by Gasteiger charge is 2.53. The van der Waals surface area contributed by atoms with Crippen molar-refractivity contribution in [3.05, 3.63) is 53.1 Å². The number of β-lactam (4-membered cyclic amide) rings is 1. The van der Waals surface area contributed by atoms with Crippen molar-refractivity contribution in [1.82, 2.24) is 24.8 Å². The van der Waals surface area contributed by atoms with Crippen LogP contribution in [0.25, 0.3) is 5.65 Å². The Morgan fingerprint density at radius 1 is 1.43 bits per heavy atom. The Labute approximate surface area is 205 Å². The second-order valence-corrected chi connectivity index (χ2v) is 9.55. The van der Waals surface area contributed by atoms with Crippen molar-refractivity contribution in [1.29, 1.82) is 0 Å². The molecule has 0 aromatic carbocycles. The molecule has 1 fully saturated rings. The number of carboxylic acids is 1. The molecular formula is C20H18N8O5S2. The van der Waals surface area contributed by atoms with E-state index in [-0.39, 0.29) is 28.8 Å². The predicted molar refractivity (Wildman–Crippen MR) is 123 cm³/mol. The Balaban J connectivity index is 1.37. The second-order valence-electron chi connectivity index (χ2n) is 7.56. The van der Waals surface area contributed by atoms with Crippen molar-refractivity contribution in [3.63, 3.8) is 0 Å². The van der Waals surface area contributed by atoms with E-state index in [0.29, 0.717) is 11.3 Å². The van der Waals surface area contributed by atoms with Gasteiger partial charge in [0.15, 0.2) is 10.8 Å². The maximum Gasteiger partial charge on any atom is 0.276 e. The average molecular weight is 515 g/mol. The molecule has 15 heteroatoms. The Bertz CT molecular complexity index is 1410. The van der Waals surface area contributed by atoms with Gasteiger partial charge in [-0.1, -0.05) is 15.7 Å². The van der Waals surface area contributed by atoms with Crippen LogP contribution in [0.2, 0.25) is 0 Å². The molecule has 2 atom stereocenters. The molecule has 2 aliphatic heterocycles. The maximum atomic E-state index is 13.0. The van der Waals surface area contributed by atoms with Gasteiger partial charge >= 0.3 is 0 Å². The van der Waals surface area contributed by atoms with E-state index in [4.69, 9.17) is 10.6 Å². The van der Waals surface area contributed by atoms with Crippen LogP contribution in [0, 0.1) is 0 Å². The number of pyridine rings is 1. The lowest BCUT2D eigenvalue weighted by Crippen LogP contribution is -2.71. The number of nitrogens with zero attached hydrogens (tertiary/aromatic N) is 6. The zero-order valence-electron chi connectivity index (χ0n) is 18.2. The number of nitrogens with one attached hydrogen (secondary N) is 1. The molecule has 2 aliphatic rings. The SMILES string of the molecule is CO/N=C(\C(=O)N[C@@H]1C(=O)N2C(C(=O)[O-])=C(C[n+]3cnn4ccccc43)CS[C@@H]12)c1csc(N)n1. The summed E-state index contributed by atoms with van der Waals surface area (Å²) in [5.74, 6) is -2.39. The van der Waals surface area contributed by atoms with E-state index >= 15 is 0 Å². The molecule has 13 nitrogen and oxygen atoms in total. The normalized spacial score (nSPS) is 20.0. The van der Waals surface area contributed by atoms with Crippen LogP contribution in [0.3, 0.4) is 0 Å². The molecule has 1 saturated heterocycles. The number of carbonyl (C=O) groups excluding carboxylic acids is 3. The summed E-state index contributed by atoms with van der Waals surface area (Å²) in [4.78, 5) is 47.8. The van der Waals surface area contributed by atoms with Crippen LogP contribution < -0.4 is 20.7 Å². The number of thiazole rings is 1. The van der Waals surface area contributed by atoms with Gasteiger partial charge < -0.3 is 25.8 Å². The molecule has 5 rings (SSSR count). The van der Waals surface area contributed by atoms with E-state index in [1.807, 2.05) is 18.2 Å². The van der Waals surface area contributed by atoms with Gasteiger partial charge in [0.05, 0.1) is 18.2 Å². The number of carbonyl (C=O) groups is 3. The molecule has 0 bridgehead atoms. The van der Waals surface area contributed by atoms with Crippen LogP contribution in [0.1, 0.15) is 5.69 Å². The molecule has 3 aromatic rings. The number of aromatic nitrogens is 4. The summed E-state index contributed by atoms with van der Waals surface area (Å²) in [6.45, 7) is 0.216. The standard InChI is InChI=1S/C20H18N8O5S2/c1-33-25-13(11-8-35-20(21)23-11)16(29)24-14-17(30)28-15(19(31)32)10(7-34-18(14)28)6-26-9-22-27-5-3-2-4-12(26)27/h2-5,8-9,14,18H,6-7H2,1H3,(H3-,21,23,24,29,31,32)/b25-13-/t14-,18+/m1/s1. The van der Waals surface area contributed by atoms with E-state index in [1.165, 1.54) is 18.9 Å². The summed E-state index contributed by atoms with van der Waals surface area (Å²) < 4.78 is 3.45. The highest BCUT2D eigenvalue weighted by molar-refractivity contribution is 8.00. The molecular weight excluding hydrogens is 496 g/mol. The first-order valence-electron chi connectivity index (χ1n) is 10.2. The van der Waals surface area contributed by atoms with Crippen LogP contribution >= 0.6 is 23.1 Å². The number of fused-ring (bicyclic) bond motifs is 2. The highest BCUT2D eigenvalue weighted by Crippen LogP contribution is 2.40. The molecule has 5 heterocycles. The average Bonchev–Trinajstić information content (AvgIpc) is 3.46. The van der Waals surface area contributed by atoms with Gasteiger partial charge in [-0.15, -0.1) is 23.1 Å². The molecule has 180 valence electrons. The number of nitrogen functional groups attached to an aromatic ring is 1. The third kappa shape index (κ3) is 3.97. The summed E-state index contributed by atoms with van der Waals surface area (Å²) in [6.07, 6.45) is 3.37. The van der Waals surface area contributed by atoms with Crippen molar-refractivity contribution in [2.45, 2.75) is 18.0 Å².